The van der Waals surface area contributed by atoms with Gasteiger partial charge < -0.3 is 4.74 Å². The summed E-state index contributed by atoms with van der Waals surface area (Å²) in [6.07, 6.45) is 7.79. The maximum absolute atomic E-state index is 12.3. The van der Waals surface area contributed by atoms with E-state index in [0.29, 0.717) is 6.61 Å². The molecule has 1 aliphatic carbocycles. The monoisotopic (exact) mass is 293 g/mol. The fourth-order valence-electron chi connectivity index (χ4n) is 3.25. The number of carbonyl (C=O) groups is 2. The van der Waals surface area contributed by atoms with Crippen LogP contribution in [0, 0.1) is 11.8 Å². The van der Waals surface area contributed by atoms with E-state index in [2.05, 4.69) is 4.90 Å². The molecule has 0 aromatic carbocycles. The van der Waals surface area contributed by atoms with Crippen molar-refractivity contribution in [2.75, 3.05) is 19.7 Å². The van der Waals surface area contributed by atoms with Crippen LogP contribution >= 0.6 is 11.8 Å². The van der Waals surface area contributed by atoms with Crippen molar-refractivity contribution in [1.29, 1.82) is 0 Å². The van der Waals surface area contributed by atoms with Gasteiger partial charge in [0.1, 0.15) is 0 Å². The van der Waals surface area contributed by atoms with E-state index >= 15 is 0 Å². The predicted molar refractivity (Wildman–Crippen MR) is 78.0 cm³/mol. The highest BCUT2D eigenvalue weighted by Gasteiger charge is 2.42. The first-order valence-electron chi connectivity index (χ1n) is 7.21. The van der Waals surface area contributed by atoms with Crippen molar-refractivity contribution in [2.24, 2.45) is 11.8 Å². The van der Waals surface area contributed by atoms with Gasteiger partial charge in [-0.1, -0.05) is 30.0 Å². The lowest BCUT2D eigenvalue weighted by atomic mass is 9.87. The predicted octanol–water partition coefficient (Wildman–Crippen LogP) is 1.97. The molecule has 3 aliphatic rings. The molecule has 108 valence electrons. The number of esters is 1. The molecule has 2 fully saturated rings. The van der Waals surface area contributed by atoms with Gasteiger partial charge in [0, 0.05) is 12.5 Å². The van der Waals surface area contributed by atoms with Gasteiger partial charge in [0.2, 0.25) is 5.12 Å². The zero-order valence-corrected chi connectivity index (χ0v) is 12.4. The molecule has 2 saturated heterocycles. The van der Waals surface area contributed by atoms with E-state index in [1.165, 1.54) is 11.8 Å². The highest BCUT2D eigenvalue weighted by molar-refractivity contribution is 8.17. The van der Waals surface area contributed by atoms with Crippen molar-refractivity contribution in [3.8, 4) is 0 Å². The van der Waals surface area contributed by atoms with Gasteiger partial charge in [0.25, 0.3) is 0 Å². The average Bonchev–Trinajstić information content (AvgIpc) is 2.84. The molecule has 0 radical (unpaired) electrons. The Labute approximate surface area is 123 Å². The van der Waals surface area contributed by atoms with Crippen LogP contribution in [0.2, 0.25) is 0 Å². The van der Waals surface area contributed by atoms with E-state index in [0.717, 1.165) is 30.8 Å². The summed E-state index contributed by atoms with van der Waals surface area (Å²) in [4.78, 5) is 27.7. The van der Waals surface area contributed by atoms with Crippen molar-refractivity contribution < 1.29 is 14.3 Å². The van der Waals surface area contributed by atoms with E-state index in [1.54, 1.807) is 0 Å². The van der Waals surface area contributed by atoms with Crippen LogP contribution in [0.1, 0.15) is 19.8 Å². The molecule has 0 amide bonds. The highest BCUT2D eigenvalue weighted by Crippen LogP contribution is 2.41. The van der Waals surface area contributed by atoms with Gasteiger partial charge in [-0.3, -0.25) is 14.5 Å². The van der Waals surface area contributed by atoms with Gasteiger partial charge in [0.15, 0.2) is 0 Å². The van der Waals surface area contributed by atoms with Crippen LogP contribution in [-0.2, 0) is 14.3 Å². The standard InChI is InChI=1S/C15H19NO3S/c1-2-19-14(17)10-5-3-7-13-11(10)9-16-8-4-6-12(16)15(18)20-13/h3,5,7,10-12H,2,4,6,8-9H2,1H3. The van der Waals surface area contributed by atoms with Crippen LogP contribution in [-0.4, -0.2) is 41.7 Å². The third-order valence-electron chi connectivity index (χ3n) is 4.22. The number of thioether (sulfide) groups is 1. The zero-order chi connectivity index (χ0) is 14.1. The Balaban J connectivity index is 1.85. The second-order valence-electron chi connectivity index (χ2n) is 5.41. The molecule has 2 aliphatic heterocycles. The maximum Gasteiger partial charge on any atom is 0.313 e. The number of ether oxygens (including phenoxy) is 1. The Morgan fingerprint density at radius 1 is 1.55 bits per heavy atom. The van der Waals surface area contributed by atoms with Crippen LogP contribution in [0.3, 0.4) is 0 Å². The second kappa shape index (κ2) is 5.74. The molecular weight excluding hydrogens is 274 g/mol. The normalized spacial score (nSPS) is 33.1. The van der Waals surface area contributed by atoms with Gasteiger partial charge in [-0.2, -0.15) is 0 Å². The minimum Gasteiger partial charge on any atom is -0.466 e. The van der Waals surface area contributed by atoms with Crippen molar-refractivity contribution in [3.63, 3.8) is 0 Å². The largest absolute Gasteiger partial charge is 0.466 e. The Morgan fingerprint density at radius 2 is 2.40 bits per heavy atom. The summed E-state index contributed by atoms with van der Waals surface area (Å²) in [6.45, 7) is 3.96. The SMILES string of the molecule is CCOC(=O)C1C=CC=C2SC(=O)C3CCCN3CC21. The van der Waals surface area contributed by atoms with Crippen LogP contribution < -0.4 is 0 Å². The number of carbonyl (C=O) groups excluding carboxylic acids is 2. The first-order chi connectivity index (χ1) is 9.70. The molecule has 5 heteroatoms. The van der Waals surface area contributed by atoms with Crippen molar-refractivity contribution in [2.45, 2.75) is 25.8 Å². The van der Waals surface area contributed by atoms with Crippen LogP contribution in [0.25, 0.3) is 0 Å². The number of fused-ring (bicyclic) bond motifs is 2. The van der Waals surface area contributed by atoms with E-state index < -0.39 is 0 Å². The Hall–Kier alpha value is -1.07. The van der Waals surface area contributed by atoms with Crippen molar-refractivity contribution in [1.82, 2.24) is 4.90 Å². The summed E-state index contributed by atoms with van der Waals surface area (Å²) < 4.78 is 5.18. The first kappa shape index (κ1) is 13.9. The molecule has 0 N–H and O–H groups in total. The smallest absolute Gasteiger partial charge is 0.313 e. The van der Waals surface area contributed by atoms with E-state index in [4.69, 9.17) is 4.74 Å². The third-order valence-corrected chi connectivity index (χ3v) is 5.37. The van der Waals surface area contributed by atoms with Gasteiger partial charge in [-0.05, 0) is 31.2 Å². The minimum atomic E-state index is -0.255. The first-order valence-corrected chi connectivity index (χ1v) is 8.03. The van der Waals surface area contributed by atoms with Crippen LogP contribution in [0.4, 0.5) is 0 Å². The van der Waals surface area contributed by atoms with Gasteiger partial charge >= 0.3 is 5.97 Å². The number of nitrogens with zero attached hydrogens (tertiary/aromatic N) is 1. The second-order valence-corrected chi connectivity index (χ2v) is 6.49. The molecular formula is C15H19NO3S. The van der Waals surface area contributed by atoms with Gasteiger partial charge in [0.05, 0.1) is 18.6 Å². The number of allylic oxidation sites excluding steroid dienone is 2. The Bertz CT molecular complexity index is 486. The van der Waals surface area contributed by atoms with E-state index in [1.807, 2.05) is 25.2 Å². The molecule has 0 bridgehead atoms. The molecule has 3 unspecified atom stereocenters. The summed E-state index contributed by atoms with van der Waals surface area (Å²) >= 11 is 1.33. The molecule has 0 aromatic heterocycles. The number of hydrogen-bond donors (Lipinski definition) is 0. The summed E-state index contributed by atoms with van der Waals surface area (Å²) in [5.74, 6) is -0.365. The third kappa shape index (κ3) is 2.44. The van der Waals surface area contributed by atoms with E-state index in [-0.39, 0.29) is 29.0 Å². The van der Waals surface area contributed by atoms with Crippen LogP contribution in [0.5, 0.6) is 0 Å². The van der Waals surface area contributed by atoms with Gasteiger partial charge in [-0.25, -0.2) is 0 Å². The lowest BCUT2D eigenvalue weighted by molar-refractivity contribution is -0.147. The van der Waals surface area contributed by atoms with Gasteiger partial charge in [-0.15, -0.1) is 0 Å². The highest BCUT2D eigenvalue weighted by atomic mass is 32.2. The molecule has 3 rings (SSSR count). The number of hydrogen-bond acceptors (Lipinski definition) is 5. The molecule has 3 atom stereocenters. The zero-order valence-electron chi connectivity index (χ0n) is 11.6. The summed E-state index contributed by atoms with van der Waals surface area (Å²) in [5.41, 5.74) is 0. The lowest BCUT2D eigenvalue weighted by Gasteiger charge is -2.29. The Kier molecular flexibility index (Phi) is 3.98. The maximum atomic E-state index is 12.3. The molecule has 20 heavy (non-hydrogen) atoms. The fraction of sp³-hybridized carbons (Fsp3) is 0.600. The molecule has 2 heterocycles. The quantitative estimate of drug-likeness (QED) is 0.729. The summed E-state index contributed by atoms with van der Waals surface area (Å²) in [7, 11) is 0. The number of rotatable bonds is 2. The van der Waals surface area contributed by atoms with Crippen LogP contribution in [0.15, 0.2) is 23.1 Å². The fourth-order valence-corrected chi connectivity index (χ4v) is 4.40. The minimum absolute atomic E-state index is 0.0364. The topological polar surface area (TPSA) is 46.6 Å². The molecule has 0 aromatic rings. The molecule has 0 saturated carbocycles. The van der Waals surface area contributed by atoms with Crippen molar-refractivity contribution in [3.05, 3.63) is 23.1 Å². The lowest BCUT2D eigenvalue weighted by Crippen LogP contribution is -2.38. The summed E-state index contributed by atoms with van der Waals surface area (Å²) in [5, 5.41) is 0.231. The average molecular weight is 293 g/mol. The summed E-state index contributed by atoms with van der Waals surface area (Å²) in [6, 6.07) is 0.0364. The van der Waals surface area contributed by atoms with Crippen molar-refractivity contribution >= 4 is 22.8 Å². The van der Waals surface area contributed by atoms with E-state index in [9.17, 15) is 9.59 Å². The Morgan fingerprint density at radius 3 is 3.20 bits per heavy atom. The molecule has 0 spiro atoms. The molecule has 4 nitrogen and oxygen atoms in total.